The molecule has 1 atom stereocenters. The van der Waals surface area contributed by atoms with E-state index < -0.39 is 0 Å². The van der Waals surface area contributed by atoms with Crippen LogP contribution in [0.25, 0.3) is 0 Å². The summed E-state index contributed by atoms with van der Waals surface area (Å²) < 4.78 is 0. The molecule has 0 aromatic heterocycles. The summed E-state index contributed by atoms with van der Waals surface area (Å²) in [5, 5.41) is 0.864. The molecule has 0 radical (unpaired) electrons. The van der Waals surface area contributed by atoms with Gasteiger partial charge in [0.1, 0.15) is 6.29 Å². The molecule has 1 aromatic carbocycles. The normalized spacial score (nSPS) is 12.5. The van der Waals surface area contributed by atoms with E-state index in [9.17, 15) is 4.79 Å². The first-order chi connectivity index (χ1) is 5.77. The third-order valence-electron chi connectivity index (χ3n) is 1.86. The molecule has 0 saturated carbocycles. The summed E-state index contributed by atoms with van der Waals surface area (Å²) in [5.74, 6) is 0.00868. The van der Waals surface area contributed by atoms with Crippen molar-refractivity contribution in [2.75, 3.05) is 0 Å². The number of rotatable bonds is 3. The minimum Gasteiger partial charge on any atom is -0.303 e. The van der Waals surface area contributed by atoms with E-state index in [1.807, 2.05) is 31.2 Å². The van der Waals surface area contributed by atoms with E-state index in [2.05, 4.69) is 15.9 Å². The van der Waals surface area contributed by atoms with E-state index in [1.54, 1.807) is 0 Å². The molecule has 0 amide bonds. The van der Waals surface area contributed by atoms with Crippen LogP contribution in [0.15, 0.2) is 24.3 Å². The maximum Gasteiger partial charge on any atom is 0.127 e. The second kappa shape index (κ2) is 4.41. The number of halogens is 1. The molecule has 64 valence electrons. The van der Waals surface area contributed by atoms with E-state index in [0.29, 0.717) is 0 Å². The quantitative estimate of drug-likeness (QED) is 0.573. The van der Waals surface area contributed by atoms with Gasteiger partial charge in [-0.3, -0.25) is 0 Å². The van der Waals surface area contributed by atoms with Gasteiger partial charge in [-0.05, 0) is 11.1 Å². The zero-order valence-corrected chi connectivity index (χ0v) is 8.54. The molecule has 0 spiro atoms. The Balaban J connectivity index is 2.84. The fourth-order valence-corrected chi connectivity index (χ4v) is 1.36. The minimum atomic E-state index is 0.00868. The third-order valence-corrected chi connectivity index (χ3v) is 2.51. The molecule has 0 aliphatic rings. The van der Waals surface area contributed by atoms with Crippen molar-refractivity contribution in [1.29, 1.82) is 0 Å². The monoisotopic (exact) mass is 226 g/mol. The molecule has 1 aromatic rings. The van der Waals surface area contributed by atoms with Gasteiger partial charge in [0.25, 0.3) is 0 Å². The molecule has 0 aliphatic heterocycles. The number of benzene rings is 1. The number of carbonyl (C=O) groups excluding carboxylic acids is 1. The molecule has 1 nitrogen and oxygen atoms in total. The lowest BCUT2D eigenvalue weighted by atomic mass is 10.0. The Hall–Kier alpha value is -0.630. The highest BCUT2D eigenvalue weighted by Gasteiger charge is 2.01. The van der Waals surface area contributed by atoms with Crippen LogP contribution >= 0.6 is 15.9 Å². The van der Waals surface area contributed by atoms with Crippen LogP contribution in [0.2, 0.25) is 0 Å². The van der Waals surface area contributed by atoms with Gasteiger partial charge in [0.2, 0.25) is 0 Å². The Labute approximate surface area is 80.9 Å². The van der Waals surface area contributed by atoms with Crippen molar-refractivity contribution in [3.8, 4) is 0 Å². The number of carbonyl (C=O) groups is 1. The van der Waals surface area contributed by atoms with Crippen molar-refractivity contribution < 1.29 is 4.79 Å². The van der Waals surface area contributed by atoms with Crippen LogP contribution in [0.3, 0.4) is 0 Å². The van der Waals surface area contributed by atoms with Crippen molar-refractivity contribution >= 4 is 22.2 Å². The second-order valence-corrected chi connectivity index (χ2v) is 3.36. The van der Waals surface area contributed by atoms with Gasteiger partial charge >= 0.3 is 0 Å². The Morgan fingerprint density at radius 3 is 2.42 bits per heavy atom. The molecule has 0 aliphatic carbocycles. The fraction of sp³-hybridized carbons (Fsp3) is 0.300. The van der Waals surface area contributed by atoms with E-state index >= 15 is 0 Å². The van der Waals surface area contributed by atoms with Crippen molar-refractivity contribution in [3.63, 3.8) is 0 Å². The molecule has 1 unspecified atom stereocenters. The average molecular weight is 227 g/mol. The highest BCUT2D eigenvalue weighted by molar-refractivity contribution is 9.08. The molecule has 0 heterocycles. The molecular weight excluding hydrogens is 216 g/mol. The number of aldehydes is 1. The van der Waals surface area contributed by atoms with E-state index in [-0.39, 0.29) is 5.92 Å². The minimum absolute atomic E-state index is 0.00868. The molecule has 0 N–H and O–H groups in total. The molecular formula is C10H11BrO. The van der Waals surface area contributed by atoms with Gasteiger partial charge < -0.3 is 4.79 Å². The van der Waals surface area contributed by atoms with E-state index in [1.165, 1.54) is 5.56 Å². The van der Waals surface area contributed by atoms with Crippen LogP contribution in [0.1, 0.15) is 24.0 Å². The predicted molar refractivity (Wildman–Crippen MR) is 53.6 cm³/mol. The Morgan fingerprint density at radius 2 is 2.00 bits per heavy atom. The first-order valence-corrected chi connectivity index (χ1v) is 5.00. The van der Waals surface area contributed by atoms with Crippen molar-refractivity contribution in [1.82, 2.24) is 0 Å². The topological polar surface area (TPSA) is 17.1 Å². The summed E-state index contributed by atoms with van der Waals surface area (Å²) in [6, 6.07) is 8.06. The largest absolute Gasteiger partial charge is 0.303 e. The SMILES string of the molecule is CC(C=O)c1ccc(CBr)cc1. The molecule has 0 bridgehead atoms. The number of alkyl halides is 1. The standard InChI is InChI=1S/C10H11BrO/c1-8(7-12)10-4-2-9(6-11)3-5-10/h2-5,7-8H,6H2,1H3. The van der Waals surface area contributed by atoms with Crippen LogP contribution in [0, 0.1) is 0 Å². The van der Waals surface area contributed by atoms with Gasteiger partial charge in [-0.15, -0.1) is 0 Å². The summed E-state index contributed by atoms with van der Waals surface area (Å²) in [6.07, 6.45) is 0.961. The smallest absolute Gasteiger partial charge is 0.127 e. The highest BCUT2D eigenvalue weighted by atomic mass is 79.9. The molecule has 12 heavy (non-hydrogen) atoms. The van der Waals surface area contributed by atoms with E-state index in [4.69, 9.17) is 0 Å². The van der Waals surface area contributed by atoms with Gasteiger partial charge in [0, 0.05) is 11.2 Å². The maximum atomic E-state index is 10.5. The van der Waals surface area contributed by atoms with Crippen LogP contribution in [-0.2, 0) is 10.1 Å². The Bertz CT molecular complexity index is 253. The van der Waals surface area contributed by atoms with Gasteiger partial charge in [-0.25, -0.2) is 0 Å². The number of hydrogen-bond donors (Lipinski definition) is 0. The zero-order valence-electron chi connectivity index (χ0n) is 6.96. The summed E-state index contributed by atoms with van der Waals surface area (Å²) in [6.45, 7) is 1.90. The lowest BCUT2D eigenvalue weighted by Crippen LogP contribution is -1.93. The number of hydrogen-bond acceptors (Lipinski definition) is 1. The first-order valence-electron chi connectivity index (χ1n) is 3.88. The van der Waals surface area contributed by atoms with Gasteiger partial charge in [-0.2, -0.15) is 0 Å². The third kappa shape index (κ3) is 2.18. The highest BCUT2D eigenvalue weighted by Crippen LogP contribution is 2.14. The van der Waals surface area contributed by atoms with Crippen LogP contribution in [-0.4, -0.2) is 6.29 Å². The lowest BCUT2D eigenvalue weighted by molar-refractivity contribution is -0.108. The van der Waals surface area contributed by atoms with Crippen molar-refractivity contribution in [2.45, 2.75) is 18.2 Å². The maximum absolute atomic E-state index is 10.5. The summed E-state index contributed by atoms with van der Waals surface area (Å²) in [4.78, 5) is 10.5. The van der Waals surface area contributed by atoms with Gasteiger partial charge in [0.05, 0.1) is 0 Å². The summed E-state index contributed by atoms with van der Waals surface area (Å²) in [7, 11) is 0. The molecule has 0 saturated heterocycles. The average Bonchev–Trinajstić information content (AvgIpc) is 2.17. The Kier molecular flexibility index (Phi) is 3.48. The molecule has 0 fully saturated rings. The lowest BCUT2D eigenvalue weighted by Gasteiger charge is -2.03. The van der Waals surface area contributed by atoms with E-state index in [0.717, 1.165) is 17.2 Å². The first kappa shape index (κ1) is 9.46. The molecule has 2 heteroatoms. The second-order valence-electron chi connectivity index (χ2n) is 2.80. The van der Waals surface area contributed by atoms with Crippen molar-refractivity contribution in [2.24, 2.45) is 0 Å². The van der Waals surface area contributed by atoms with Crippen LogP contribution in [0.5, 0.6) is 0 Å². The van der Waals surface area contributed by atoms with Crippen LogP contribution in [0.4, 0.5) is 0 Å². The van der Waals surface area contributed by atoms with Crippen molar-refractivity contribution in [3.05, 3.63) is 35.4 Å². The zero-order chi connectivity index (χ0) is 8.97. The fourth-order valence-electron chi connectivity index (χ4n) is 0.989. The summed E-state index contributed by atoms with van der Waals surface area (Å²) in [5.41, 5.74) is 2.31. The Morgan fingerprint density at radius 1 is 1.42 bits per heavy atom. The van der Waals surface area contributed by atoms with Gasteiger partial charge in [-0.1, -0.05) is 47.1 Å². The summed E-state index contributed by atoms with van der Waals surface area (Å²) >= 11 is 3.37. The molecule has 1 rings (SSSR count). The van der Waals surface area contributed by atoms with Crippen LogP contribution < -0.4 is 0 Å². The van der Waals surface area contributed by atoms with Gasteiger partial charge in [0.15, 0.2) is 0 Å². The predicted octanol–water partition coefficient (Wildman–Crippen LogP) is 2.88.